The van der Waals surface area contributed by atoms with Crippen molar-refractivity contribution in [2.24, 2.45) is 0 Å². The highest BCUT2D eigenvalue weighted by Gasteiger charge is 2.35. The fourth-order valence-corrected chi connectivity index (χ4v) is 2.01. The summed E-state index contributed by atoms with van der Waals surface area (Å²) in [5.74, 6) is -1.72. The minimum atomic E-state index is -4.64. The topological polar surface area (TPSA) is 64.3 Å². The lowest BCUT2D eigenvalue weighted by atomic mass is 10.2. The van der Waals surface area contributed by atoms with Crippen LogP contribution in [0.2, 0.25) is 0 Å². The van der Waals surface area contributed by atoms with E-state index in [1.54, 1.807) is 0 Å². The minimum absolute atomic E-state index is 0.165. The Labute approximate surface area is 122 Å². The van der Waals surface area contributed by atoms with Gasteiger partial charge in [0, 0.05) is 24.7 Å². The molecule has 1 heterocycles. The third kappa shape index (κ3) is 5.37. The van der Waals surface area contributed by atoms with E-state index in [0.717, 1.165) is 0 Å². The molecule has 0 radical (unpaired) electrons. The van der Waals surface area contributed by atoms with Gasteiger partial charge in [-0.15, -0.1) is 0 Å². The first kappa shape index (κ1) is 17.5. The molecule has 0 bridgehead atoms. The number of hydrogen-bond donors (Lipinski definition) is 1. The lowest BCUT2D eigenvalue weighted by Gasteiger charge is -2.30. The zero-order valence-electron chi connectivity index (χ0n) is 12.6. The van der Waals surface area contributed by atoms with Crippen molar-refractivity contribution < 1.29 is 17.9 Å². The molecule has 0 aromatic carbocycles. The second-order valence-corrected chi connectivity index (χ2v) is 5.23. The molecule has 0 unspecified atom stereocenters. The van der Waals surface area contributed by atoms with E-state index in [2.05, 4.69) is 14.9 Å². The van der Waals surface area contributed by atoms with E-state index < -0.39 is 12.0 Å². The summed E-state index contributed by atoms with van der Waals surface area (Å²) in [5, 5.41) is 0. The average Bonchev–Trinajstić information content (AvgIpc) is 2.31. The van der Waals surface area contributed by atoms with Crippen LogP contribution in [0.4, 0.5) is 19.0 Å². The van der Waals surface area contributed by atoms with Gasteiger partial charge in [0.1, 0.15) is 12.4 Å². The van der Waals surface area contributed by atoms with Crippen molar-refractivity contribution in [2.75, 3.05) is 18.9 Å². The van der Waals surface area contributed by atoms with E-state index in [-0.39, 0.29) is 18.3 Å². The number of alkyl halides is 3. The van der Waals surface area contributed by atoms with E-state index in [4.69, 9.17) is 10.5 Å². The first-order valence-electron chi connectivity index (χ1n) is 6.71. The Kier molecular flexibility index (Phi) is 5.77. The Bertz CT molecular complexity index is 455. The number of anilines is 1. The maximum absolute atomic E-state index is 12.6. The molecule has 0 fully saturated rings. The van der Waals surface area contributed by atoms with Crippen molar-refractivity contribution in [2.45, 2.75) is 46.0 Å². The van der Waals surface area contributed by atoms with Gasteiger partial charge in [0.15, 0.2) is 0 Å². The van der Waals surface area contributed by atoms with Gasteiger partial charge in [-0.25, -0.2) is 4.98 Å². The maximum atomic E-state index is 12.6. The lowest BCUT2D eigenvalue weighted by Crippen LogP contribution is -2.39. The van der Waals surface area contributed by atoms with Crippen molar-refractivity contribution in [1.29, 1.82) is 0 Å². The molecule has 0 aliphatic heterocycles. The molecule has 5 nitrogen and oxygen atoms in total. The van der Waals surface area contributed by atoms with E-state index in [0.29, 0.717) is 18.6 Å². The van der Waals surface area contributed by atoms with Gasteiger partial charge in [-0.2, -0.15) is 18.2 Å². The molecule has 0 spiro atoms. The fraction of sp³-hybridized carbons (Fsp3) is 0.692. The fourth-order valence-electron chi connectivity index (χ4n) is 2.01. The third-order valence-corrected chi connectivity index (χ3v) is 2.90. The number of rotatable bonds is 6. The number of aromatic nitrogens is 2. The molecular formula is C13H21F3N4O. The minimum Gasteiger partial charge on any atom is -0.476 e. The van der Waals surface area contributed by atoms with Crippen LogP contribution in [0.1, 0.15) is 33.5 Å². The number of hydrogen-bond acceptors (Lipinski definition) is 5. The number of nitrogens with two attached hydrogens (primary N) is 1. The molecule has 0 aliphatic rings. The van der Waals surface area contributed by atoms with Crippen LogP contribution >= 0.6 is 0 Å². The highest BCUT2D eigenvalue weighted by Crippen LogP contribution is 2.28. The summed E-state index contributed by atoms with van der Waals surface area (Å²) < 4.78 is 43.0. The summed E-state index contributed by atoms with van der Waals surface area (Å²) in [7, 11) is 0. The summed E-state index contributed by atoms with van der Waals surface area (Å²) >= 11 is 0. The first-order chi connectivity index (χ1) is 9.61. The highest BCUT2D eigenvalue weighted by molar-refractivity contribution is 5.33. The molecule has 1 aromatic heterocycles. The van der Waals surface area contributed by atoms with E-state index >= 15 is 0 Å². The van der Waals surface area contributed by atoms with Crippen LogP contribution in [-0.4, -0.2) is 40.1 Å². The average molecular weight is 306 g/mol. The summed E-state index contributed by atoms with van der Waals surface area (Å²) in [6.07, 6.45) is -4.64. The molecule has 120 valence electrons. The van der Waals surface area contributed by atoms with Gasteiger partial charge >= 0.3 is 6.18 Å². The Balaban J connectivity index is 2.70. The van der Waals surface area contributed by atoms with Crippen molar-refractivity contribution in [1.82, 2.24) is 14.9 Å². The molecule has 0 amide bonds. The molecule has 0 saturated carbocycles. The smallest absolute Gasteiger partial charge is 0.451 e. The van der Waals surface area contributed by atoms with Crippen LogP contribution in [0.3, 0.4) is 0 Å². The normalized spacial score (nSPS) is 12.5. The van der Waals surface area contributed by atoms with Crippen LogP contribution in [-0.2, 0) is 6.18 Å². The molecule has 0 aliphatic carbocycles. The quantitative estimate of drug-likeness (QED) is 0.875. The zero-order chi connectivity index (χ0) is 16.2. The van der Waals surface area contributed by atoms with Crippen LogP contribution < -0.4 is 10.5 Å². The Morgan fingerprint density at radius 3 is 2.24 bits per heavy atom. The van der Waals surface area contributed by atoms with Crippen molar-refractivity contribution in [3.05, 3.63) is 11.9 Å². The second kappa shape index (κ2) is 6.93. The second-order valence-electron chi connectivity index (χ2n) is 5.23. The Morgan fingerprint density at radius 1 is 1.19 bits per heavy atom. The molecule has 2 N–H and O–H groups in total. The molecule has 21 heavy (non-hydrogen) atoms. The van der Waals surface area contributed by atoms with Gasteiger partial charge in [-0.05, 0) is 27.7 Å². The molecular weight excluding hydrogens is 285 g/mol. The van der Waals surface area contributed by atoms with Crippen molar-refractivity contribution >= 4 is 5.82 Å². The van der Waals surface area contributed by atoms with Gasteiger partial charge in [0.05, 0.1) is 0 Å². The van der Waals surface area contributed by atoms with Crippen molar-refractivity contribution in [3.8, 4) is 5.88 Å². The molecule has 8 heteroatoms. The van der Waals surface area contributed by atoms with Crippen LogP contribution in [0.5, 0.6) is 5.88 Å². The number of nitrogen functional groups attached to an aromatic ring is 1. The predicted octanol–water partition coefficient (Wildman–Crippen LogP) is 2.58. The van der Waals surface area contributed by atoms with Gasteiger partial charge in [-0.3, -0.25) is 4.90 Å². The summed E-state index contributed by atoms with van der Waals surface area (Å²) in [6, 6.07) is 1.81. The standard InChI is InChI=1S/C13H21F3N4O/c1-8(2)20(9(3)4)5-6-21-11-7-10(17)18-12(19-11)13(14,15)16/h7-9H,5-6H2,1-4H3,(H2,17,18,19). The van der Waals surface area contributed by atoms with Crippen LogP contribution in [0.15, 0.2) is 6.07 Å². The maximum Gasteiger partial charge on any atom is 0.451 e. The van der Waals surface area contributed by atoms with Gasteiger partial charge < -0.3 is 10.5 Å². The van der Waals surface area contributed by atoms with Crippen LogP contribution in [0.25, 0.3) is 0 Å². The van der Waals surface area contributed by atoms with Gasteiger partial charge in [-0.1, -0.05) is 0 Å². The Morgan fingerprint density at radius 2 is 1.76 bits per heavy atom. The van der Waals surface area contributed by atoms with E-state index in [9.17, 15) is 13.2 Å². The Hall–Kier alpha value is -1.57. The molecule has 1 rings (SSSR count). The number of nitrogens with zero attached hydrogens (tertiary/aromatic N) is 3. The highest BCUT2D eigenvalue weighted by atomic mass is 19.4. The largest absolute Gasteiger partial charge is 0.476 e. The van der Waals surface area contributed by atoms with E-state index in [1.165, 1.54) is 6.07 Å². The summed E-state index contributed by atoms with van der Waals surface area (Å²) in [4.78, 5) is 8.65. The zero-order valence-corrected chi connectivity index (χ0v) is 12.6. The number of ether oxygens (including phenoxy) is 1. The monoisotopic (exact) mass is 306 g/mol. The predicted molar refractivity (Wildman–Crippen MR) is 73.9 cm³/mol. The van der Waals surface area contributed by atoms with Crippen molar-refractivity contribution in [3.63, 3.8) is 0 Å². The third-order valence-electron chi connectivity index (χ3n) is 2.90. The van der Waals surface area contributed by atoms with Gasteiger partial charge in [0.2, 0.25) is 11.7 Å². The molecule has 0 atom stereocenters. The first-order valence-corrected chi connectivity index (χ1v) is 6.71. The molecule has 0 saturated heterocycles. The summed E-state index contributed by atoms with van der Waals surface area (Å²) in [5.41, 5.74) is 5.34. The molecule has 1 aromatic rings. The van der Waals surface area contributed by atoms with E-state index in [1.807, 2.05) is 27.7 Å². The lowest BCUT2D eigenvalue weighted by molar-refractivity contribution is -0.145. The summed E-state index contributed by atoms with van der Waals surface area (Å²) in [6.45, 7) is 8.99. The SMILES string of the molecule is CC(C)N(CCOc1cc(N)nc(C(F)(F)F)n1)C(C)C. The van der Waals surface area contributed by atoms with Crippen LogP contribution in [0, 0.1) is 0 Å². The van der Waals surface area contributed by atoms with Gasteiger partial charge in [0.25, 0.3) is 0 Å². The number of halogens is 3.